The number of aryl methyl sites for hydroxylation is 1. The van der Waals surface area contributed by atoms with Crippen molar-refractivity contribution < 1.29 is 14.0 Å². The zero-order valence-corrected chi connectivity index (χ0v) is 15.9. The average molecular weight is 386 g/mol. The van der Waals surface area contributed by atoms with E-state index in [-0.39, 0.29) is 17.8 Å². The highest BCUT2D eigenvalue weighted by Gasteiger charge is 2.39. The summed E-state index contributed by atoms with van der Waals surface area (Å²) in [6, 6.07) is 22.4. The standard InChI is InChI=1S/C24H19FN2O2/c1-16-7-9-17(10-8-16)15-27-23(28)21(18-11-13-19(25)14-12-18)22(24(27)29)26-20-5-3-2-4-6-20/h2-14,26H,15H2,1H3. The Morgan fingerprint density at radius 3 is 2.14 bits per heavy atom. The molecule has 0 aromatic heterocycles. The summed E-state index contributed by atoms with van der Waals surface area (Å²) in [5, 5.41) is 3.08. The Balaban J connectivity index is 1.72. The van der Waals surface area contributed by atoms with Gasteiger partial charge in [0.25, 0.3) is 11.8 Å². The van der Waals surface area contributed by atoms with E-state index in [4.69, 9.17) is 0 Å². The van der Waals surface area contributed by atoms with Gasteiger partial charge in [-0.2, -0.15) is 0 Å². The zero-order valence-electron chi connectivity index (χ0n) is 15.9. The summed E-state index contributed by atoms with van der Waals surface area (Å²) in [5.41, 5.74) is 3.59. The van der Waals surface area contributed by atoms with E-state index in [1.807, 2.05) is 61.5 Å². The lowest BCUT2D eigenvalue weighted by Crippen LogP contribution is -2.32. The van der Waals surface area contributed by atoms with Crippen molar-refractivity contribution in [2.75, 3.05) is 5.32 Å². The third-order valence-corrected chi connectivity index (χ3v) is 4.81. The number of hydrogen-bond donors (Lipinski definition) is 1. The Bertz CT molecular complexity index is 1090. The second kappa shape index (κ2) is 7.72. The van der Waals surface area contributed by atoms with E-state index in [0.717, 1.165) is 11.1 Å². The van der Waals surface area contributed by atoms with Gasteiger partial charge < -0.3 is 5.32 Å². The third kappa shape index (κ3) is 3.80. The third-order valence-electron chi connectivity index (χ3n) is 4.81. The smallest absolute Gasteiger partial charge is 0.278 e. The van der Waals surface area contributed by atoms with Crippen LogP contribution in [0.3, 0.4) is 0 Å². The van der Waals surface area contributed by atoms with Gasteiger partial charge in [0.05, 0.1) is 12.1 Å². The summed E-state index contributed by atoms with van der Waals surface area (Å²) >= 11 is 0. The summed E-state index contributed by atoms with van der Waals surface area (Å²) in [5.74, 6) is -1.21. The second-order valence-electron chi connectivity index (χ2n) is 6.93. The zero-order chi connectivity index (χ0) is 20.4. The first kappa shape index (κ1) is 18.6. The van der Waals surface area contributed by atoms with E-state index in [2.05, 4.69) is 5.32 Å². The predicted molar refractivity (Wildman–Crippen MR) is 110 cm³/mol. The summed E-state index contributed by atoms with van der Waals surface area (Å²) < 4.78 is 13.4. The van der Waals surface area contributed by atoms with Crippen LogP contribution in [0.2, 0.25) is 0 Å². The molecule has 0 spiro atoms. The Morgan fingerprint density at radius 1 is 0.828 bits per heavy atom. The van der Waals surface area contributed by atoms with E-state index >= 15 is 0 Å². The first-order valence-corrected chi connectivity index (χ1v) is 9.27. The first-order valence-electron chi connectivity index (χ1n) is 9.27. The lowest BCUT2D eigenvalue weighted by atomic mass is 10.0. The molecule has 2 amide bonds. The topological polar surface area (TPSA) is 49.4 Å². The summed E-state index contributed by atoms with van der Waals surface area (Å²) in [4.78, 5) is 27.6. The molecule has 3 aromatic carbocycles. The maximum atomic E-state index is 13.4. The molecule has 4 rings (SSSR count). The van der Waals surface area contributed by atoms with Crippen LogP contribution in [0.4, 0.5) is 10.1 Å². The number of benzene rings is 3. The molecule has 144 valence electrons. The molecule has 1 N–H and O–H groups in total. The van der Waals surface area contributed by atoms with Gasteiger partial charge in [-0.15, -0.1) is 0 Å². The number of nitrogens with zero attached hydrogens (tertiary/aromatic N) is 1. The molecule has 0 radical (unpaired) electrons. The van der Waals surface area contributed by atoms with E-state index in [0.29, 0.717) is 11.3 Å². The molecule has 4 nitrogen and oxygen atoms in total. The molecule has 0 bridgehead atoms. The summed E-state index contributed by atoms with van der Waals surface area (Å²) in [6.07, 6.45) is 0. The van der Waals surface area contributed by atoms with Crippen molar-refractivity contribution >= 4 is 23.1 Å². The van der Waals surface area contributed by atoms with Crippen LogP contribution in [-0.4, -0.2) is 16.7 Å². The van der Waals surface area contributed by atoms with Gasteiger partial charge in [0.15, 0.2) is 0 Å². The van der Waals surface area contributed by atoms with Crippen molar-refractivity contribution in [3.8, 4) is 0 Å². The molecule has 1 aliphatic rings. The number of hydrogen-bond acceptors (Lipinski definition) is 3. The molecule has 0 aliphatic carbocycles. The van der Waals surface area contributed by atoms with Crippen molar-refractivity contribution in [2.24, 2.45) is 0 Å². The minimum Gasteiger partial charge on any atom is -0.350 e. The van der Waals surface area contributed by atoms with Gasteiger partial charge in [0, 0.05) is 5.69 Å². The van der Waals surface area contributed by atoms with Crippen LogP contribution in [0.15, 0.2) is 84.6 Å². The van der Waals surface area contributed by atoms with E-state index < -0.39 is 17.6 Å². The van der Waals surface area contributed by atoms with Crippen molar-refractivity contribution in [1.82, 2.24) is 4.90 Å². The number of carbonyl (C=O) groups excluding carboxylic acids is 2. The van der Waals surface area contributed by atoms with Crippen LogP contribution < -0.4 is 5.32 Å². The fraction of sp³-hybridized carbons (Fsp3) is 0.0833. The van der Waals surface area contributed by atoms with Gasteiger partial charge in [0.1, 0.15) is 11.5 Å². The Labute approximate surface area is 168 Å². The first-order chi connectivity index (χ1) is 14.0. The van der Waals surface area contributed by atoms with Crippen LogP contribution in [0.25, 0.3) is 5.57 Å². The Hall–Kier alpha value is -3.73. The molecule has 29 heavy (non-hydrogen) atoms. The number of rotatable bonds is 5. The maximum absolute atomic E-state index is 13.4. The number of nitrogens with one attached hydrogen (secondary N) is 1. The number of para-hydroxylation sites is 1. The Kier molecular flexibility index (Phi) is 4.96. The minimum atomic E-state index is -0.404. The largest absolute Gasteiger partial charge is 0.350 e. The molecular formula is C24H19FN2O2. The van der Waals surface area contributed by atoms with Gasteiger partial charge in [0.2, 0.25) is 0 Å². The quantitative estimate of drug-likeness (QED) is 0.656. The highest BCUT2D eigenvalue weighted by molar-refractivity contribution is 6.36. The normalized spacial score (nSPS) is 13.9. The fourth-order valence-electron chi connectivity index (χ4n) is 3.26. The highest BCUT2D eigenvalue weighted by atomic mass is 19.1. The highest BCUT2D eigenvalue weighted by Crippen LogP contribution is 2.31. The SMILES string of the molecule is Cc1ccc(CN2C(=O)C(Nc3ccccc3)=C(c3ccc(F)cc3)C2=O)cc1. The molecule has 0 fully saturated rings. The van der Waals surface area contributed by atoms with E-state index in [1.165, 1.54) is 29.2 Å². The lowest BCUT2D eigenvalue weighted by Gasteiger charge is -2.15. The maximum Gasteiger partial charge on any atom is 0.278 e. The van der Waals surface area contributed by atoms with E-state index in [9.17, 15) is 14.0 Å². The fourth-order valence-corrected chi connectivity index (χ4v) is 3.26. The van der Waals surface area contributed by atoms with Crippen LogP contribution >= 0.6 is 0 Å². The molecule has 3 aromatic rings. The molecular weight excluding hydrogens is 367 g/mol. The number of imide groups is 1. The van der Waals surface area contributed by atoms with Crippen molar-refractivity contribution in [1.29, 1.82) is 0 Å². The molecule has 0 saturated heterocycles. The predicted octanol–water partition coefficient (Wildman–Crippen LogP) is 4.53. The van der Waals surface area contributed by atoms with Gasteiger partial charge in [-0.05, 0) is 42.3 Å². The molecule has 0 atom stereocenters. The number of carbonyl (C=O) groups is 2. The monoisotopic (exact) mass is 386 g/mol. The van der Waals surface area contributed by atoms with Crippen molar-refractivity contribution in [3.63, 3.8) is 0 Å². The van der Waals surface area contributed by atoms with Gasteiger partial charge in [-0.1, -0.05) is 60.2 Å². The van der Waals surface area contributed by atoms with Crippen molar-refractivity contribution in [2.45, 2.75) is 13.5 Å². The van der Waals surface area contributed by atoms with E-state index in [1.54, 1.807) is 0 Å². The van der Waals surface area contributed by atoms with Crippen LogP contribution in [0, 0.1) is 12.7 Å². The average Bonchev–Trinajstić information content (AvgIpc) is 2.95. The minimum absolute atomic E-state index is 0.169. The Morgan fingerprint density at radius 2 is 1.48 bits per heavy atom. The molecule has 0 unspecified atom stereocenters. The molecule has 5 heteroatoms. The number of anilines is 1. The van der Waals surface area contributed by atoms with Gasteiger partial charge in [-0.3, -0.25) is 14.5 Å². The van der Waals surface area contributed by atoms with Crippen LogP contribution in [0.1, 0.15) is 16.7 Å². The molecule has 0 saturated carbocycles. The molecule has 1 aliphatic heterocycles. The lowest BCUT2D eigenvalue weighted by molar-refractivity contribution is -0.137. The van der Waals surface area contributed by atoms with Gasteiger partial charge in [-0.25, -0.2) is 4.39 Å². The second-order valence-corrected chi connectivity index (χ2v) is 6.93. The van der Waals surface area contributed by atoms with Crippen molar-refractivity contribution in [3.05, 3.63) is 107 Å². The number of amides is 2. The van der Waals surface area contributed by atoms with Gasteiger partial charge >= 0.3 is 0 Å². The summed E-state index contributed by atoms with van der Waals surface area (Å²) in [7, 11) is 0. The van der Waals surface area contributed by atoms with Crippen LogP contribution in [-0.2, 0) is 16.1 Å². The number of halogens is 1. The van der Waals surface area contributed by atoms with Crippen LogP contribution in [0.5, 0.6) is 0 Å². The molecule has 1 heterocycles. The summed E-state index contributed by atoms with van der Waals surface area (Å²) in [6.45, 7) is 2.15.